The van der Waals surface area contributed by atoms with E-state index in [9.17, 15) is 0 Å². The highest BCUT2D eigenvalue weighted by Crippen LogP contribution is 2.29. The zero-order valence-electron chi connectivity index (χ0n) is 18.0. The zero-order chi connectivity index (χ0) is 21.9. The molecule has 156 valence electrons. The van der Waals surface area contributed by atoms with Crippen molar-refractivity contribution < 1.29 is 0 Å². The van der Waals surface area contributed by atoms with Crippen LogP contribution in [0.1, 0.15) is 35.6 Å². The van der Waals surface area contributed by atoms with Crippen molar-refractivity contribution in [2.45, 2.75) is 31.8 Å². The number of aromatic nitrogens is 4. The number of nitrogens with zero attached hydrogens (tertiary/aromatic N) is 5. The Morgan fingerprint density at radius 3 is 2.56 bits per heavy atom. The molecule has 4 radical (unpaired) electrons. The lowest BCUT2D eigenvalue weighted by molar-refractivity contribution is 0.203. The minimum atomic E-state index is 0.399. The topological polar surface area (TPSA) is 58.4 Å². The molecule has 3 aromatic heterocycles. The van der Waals surface area contributed by atoms with Crippen LogP contribution in [-0.2, 0) is 13.1 Å². The number of hydrogen-bond acceptors (Lipinski definition) is 5. The van der Waals surface area contributed by atoms with E-state index < -0.39 is 0 Å². The third kappa shape index (κ3) is 4.55. The van der Waals surface area contributed by atoms with Crippen molar-refractivity contribution in [1.82, 2.24) is 24.5 Å². The normalized spacial score (nSPS) is 15.2. The quantitative estimate of drug-likeness (QED) is 0.484. The number of piperidine rings is 1. The zero-order valence-corrected chi connectivity index (χ0v) is 18.0. The summed E-state index contributed by atoms with van der Waals surface area (Å²) in [4.78, 5) is 11.6. The monoisotopic (exact) mass is 418 g/mol. The van der Waals surface area contributed by atoms with Gasteiger partial charge in [0.25, 0.3) is 0 Å². The van der Waals surface area contributed by atoms with E-state index in [4.69, 9.17) is 20.7 Å². The van der Waals surface area contributed by atoms with Crippen molar-refractivity contribution in [3.05, 3.63) is 77.9 Å². The molecule has 1 saturated heterocycles. The molecule has 6 nitrogen and oxygen atoms in total. The maximum absolute atomic E-state index is 6.17. The standard InChI is InChI=1S/C24H24B2N6/c25-20-5-3-17(4-6-20)16-31-10-7-19(8-11-31)22-12-23(28-14-18-2-1-9-27-13-18)32-24(30-22)21(26)15-29-32/h1-6,9,12-13,15,19,28H,7-8,10-11,14,16H2. The molecule has 0 spiro atoms. The fourth-order valence-electron chi connectivity index (χ4n) is 4.30. The molecule has 1 aromatic carbocycles. The molecular weight excluding hydrogens is 394 g/mol. The van der Waals surface area contributed by atoms with E-state index in [0.29, 0.717) is 23.6 Å². The second-order valence-corrected chi connectivity index (χ2v) is 8.41. The summed E-state index contributed by atoms with van der Waals surface area (Å²) in [5, 5.41) is 7.90. The second-order valence-electron chi connectivity index (χ2n) is 8.41. The molecule has 1 aliphatic rings. The van der Waals surface area contributed by atoms with Gasteiger partial charge < -0.3 is 5.32 Å². The minimum Gasteiger partial charge on any atom is -0.366 e. The number of hydrogen-bond donors (Lipinski definition) is 1. The van der Waals surface area contributed by atoms with Gasteiger partial charge in [-0.1, -0.05) is 35.8 Å². The fourth-order valence-corrected chi connectivity index (χ4v) is 4.30. The lowest BCUT2D eigenvalue weighted by Gasteiger charge is -2.32. The molecule has 5 rings (SSSR count). The molecule has 32 heavy (non-hydrogen) atoms. The van der Waals surface area contributed by atoms with Gasteiger partial charge in [-0.2, -0.15) is 9.61 Å². The molecule has 8 heteroatoms. The number of pyridine rings is 1. The summed E-state index contributed by atoms with van der Waals surface area (Å²) in [6, 6.07) is 14.3. The van der Waals surface area contributed by atoms with E-state index in [2.05, 4.69) is 38.5 Å². The van der Waals surface area contributed by atoms with Gasteiger partial charge in [-0.15, -0.1) is 0 Å². The van der Waals surface area contributed by atoms with Crippen LogP contribution in [0, 0.1) is 0 Å². The summed E-state index contributed by atoms with van der Waals surface area (Å²) >= 11 is 0. The summed E-state index contributed by atoms with van der Waals surface area (Å²) in [7, 11) is 12.0. The molecule has 0 amide bonds. The summed E-state index contributed by atoms with van der Waals surface area (Å²) in [5.74, 6) is 1.30. The van der Waals surface area contributed by atoms with Crippen LogP contribution < -0.4 is 16.2 Å². The maximum Gasteiger partial charge on any atom is 0.150 e. The number of benzene rings is 1. The van der Waals surface area contributed by atoms with E-state index in [1.165, 1.54) is 5.56 Å². The molecule has 0 unspecified atom stereocenters. The number of nitrogens with one attached hydrogen (secondary N) is 1. The first-order chi connectivity index (χ1) is 15.7. The van der Waals surface area contributed by atoms with Crippen LogP contribution in [-0.4, -0.2) is 53.3 Å². The van der Waals surface area contributed by atoms with E-state index in [-0.39, 0.29) is 0 Å². The minimum absolute atomic E-state index is 0.399. The lowest BCUT2D eigenvalue weighted by Crippen LogP contribution is -2.33. The predicted molar refractivity (Wildman–Crippen MR) is 129 cm³/mol. The molecule has 1 N–H and O–H groups in total. The Kier molecular flexibility index (Phi) is 5.95. The van der Waals surface area contributed by atoms with Crippen molar-refractivity contribution >= 4 is 38.1 Å². The van der Waals surface area contributed by atoms with Gasteiger partial charge in [0.1, 0.15) is 27.2 Å². The molecule has 1 aliphatic heterocycles. The van der Waals surface area contributed by atoms with Gasteiger partial charge in [0.15, 0.2) is 0 Å². The van der Waals surface area contributed by atoms with Crippen molar-refractivity contribution in [3.63, 3.8) is 0 Å². The van der Waals surface area contributed by atoms with Crippen LogP contribution in [0.5, 0.6) is 0 Å². The number of anilines is 1. The largest absolute Gasteiger partial charge is 0.366 e. The van der Waals surface area contributed by atoms with Gasteiger partial charge in [-0.25, -0.2) is 4.98 Å². The van der Waals surface area contributed by atoms with E-state index in [1.54, 1.807) is 16.9 Å². The Bertz CT molecular complexity index is 1180. The van der Waals surface area contributed by atoms with E-state index >= 15 is 0 Å². The van der Waals surface area contributed by atoms with Gasteiger partial charge in [-0.05, 0) is 48.6 Å². The lowest BCUT2D eigenvalue weighted by atomic mass is 9.92. The Morgan fingerprint density at radius 1 is 1.00 bits per heavy atom. The first kappa shape index (κ1) is 20.8. The molecule has 0 atom stereocenters. The second kappa shape index (κ2) is 9.17. The molecule has 1 fully saturated rings. The van der Waals surface area contributed by atoms with Crippen LogP contribution in [0.15, 0.2) is 61.1 Å². The molecular formula is C24H24B2N6. The van der Waals surface area contributed by atoms with Crippen molar-refractivity contribution in [1.29, 1.82) is 0 Å². The Labute approximate surface area is 190 Å². The molecule has 0 aliphatic carbocycles. The third-order valence-corrected chi connectivity index (χ3v) is 6.11. The molecule has 4 heterocycles. The van der Waals surface area contributed by atoms with Gasteiger partial charge >= 0.3 is 0 Å². The van der Waals surface area contributed by atoms with Crippen molar-refractivity contribution in [2.24, 2.45) is 0 Å². The Morgan fingerprint density at radius 2 is 1.81 bits per heavy atom. The average Bonchev–Trinajstić information content (AvgIpc) is 3.21. The van der Waals surface area contributed by atoms with Crippen LogP contribution in [0.4, 0.5) is 5.82 Å². The first-order valence-corrected chi connectivity index (χ1v) is 11.0. The van der Waals surface area contributed by atoms with Crippen molar-refractivity contribution in [3.8, 4) is 0 Å². The van der Waals surface area contributed by atoms with Crippen LogP contribution in [0.3, 0.4) is 0 Å². The summed E-state index contributed by atoms with van der Waals surface area (Å²) in [6.07, 6.45) is 7.43. The number of fused-ring (bicyclic) bond motifs is 1. The Hall–Kier alpha value is -3.12. The highest BCUT2D eigenvalue weighted by Gasteiger charge is 2.23. The van der Waals surface area contributed by atoms with Gasteiger partial charge in [0.05, 0.1) is 0 Å². The van der Waals surface area contributed by atoms with Gasteiger partial charge in [-0.3, -0.25) is 9.88 Å². The highest BCUT2D eigenvalue weighted by atomic mass is 15.3. The van der Waals surface area contributed by atoms with Crippen LogP contribution in [0.25, 0.3) is 5.65 Å². The highest BCUT2D eigenvalue weighted by molar-refractivity contribution is 6.36. The smallest absolute Gasteiger partial charge is 0.150 e. The van der Waals surface area contributed by atoms with Crippen LogP contribution in [0.2, 0.25) is 0 Å². The average molecular weight is 418 g/mol. The summed E-state index contributed by atoms with van der Waals surface area (Å²) in [6.45, 7) is 3.68. The van der Waals surface area contributed by atoms with Gasteiger partial charge in [0, 0.05) is 49.4 Å². The van der Waals surface area contributed by atoms with E-state index in [1.807, 2.05) is 30.5 Å². The van der Waals surface area contributed by atoms with Crippen molar-refractivity contribution in [2.75, 3.05) is 18.4 Å². The fraction of sp³-hybridized carbons (Fsp3) is 0.292. The van der Waals surface area contributed by atoms with E-state index in [0.717, 1.165) is 55.0 Å². The molecule has 0 bridgehead atoms. The molecule has 4 aromatic rings. The number of likely N-dealkylation sites (tertiary alicyclic amines) is 1. The maximum atomic E-state index is 6.17. The van der Waals surface area contributed by atoms with Crippen LogP contribution >= 0.6 is 0 Å². The Balaban J connectivity index is 1.30. The third-order valence-electron chi connectivity index (χ3n) is 6.11. The summed E-state index contributed by atoms with van der Waals surface area (Å²) < 4.78 is 1.78. The first-order valence-electron chi connectivity index (χ1n) is 11.0. The number of rotatable bonds is 6. The van der Waals surface area contributed by atoms with Gasteiger partial charge in [0.2, 0.25) is 0 Å². The predicted octanol–water partition coefficient (Wildman–Crippen LogP) is 1.70. The molecule has 0 saturated carbocycles. The SMILES string of the molecule is [B]c1ccc(CN2CCC(c3cc(NCc4cccnc4)n4ncc([B])c4n3)CC2)cc1. The summed E-state index contributed by atoms with van der Waals surface area (Å²) in [5.41, 5.74) is 5.59.